The van der Waals surface area contributed by atoms with Gasteiger partial charge in [0.2, 0.25) is 5.89 Å². The molecule has 0 saturated carbocycles. The van der Waals surface area contributed by atoms with Crippen molar-refractivity contribution >= 4 is 12.1 Å². The van der Waals surface area contributed by atoms with E-state index < -0.39 is 5.60 Å². The second-order valence-corrected chi connectivity index (χ2v) is 8.36. The minimum absolute atomic E-state index is 0.0567. The monoisotopic (exact) mass is 394 g/mol. The first-order chi connectivity index (χ1) is 13.2. The van der Waals surface area contributed by atoms with E-state index in [9.17, 15) is 4.79 Å². The fourth-order valence-corrected chi connectivity index (χ4v) is 2.92. The van der Waals surface area contributed by atoms with Gasteiger partial charge in [0.25, 0.3) is 0 Å². The van der Waals surface area contributed by atoms with Gasteiger partial charge in [-0.05, 0) is 33.6 Å². The van der Waals surface area contributed by atoms with Crippen LogP contribution in [0.25, 0.3) is 0 Å². The number of hydrogen-bond donors (Lipinski definition) is 2. The van der Waals surface area contributed by atoms with Crippen LogP contribution in [0.3, 0.4) is 0 Å². The Morgan fingerprint density at radius 2 is 2.18 bits per heavy atom. The number of aryl methyl sites for hydroxylation is 1. The summed E-state index contributed by atoms with van der Waals surface area (Å²) in [7, 11) is 1.77. The van der Waals surface area contributed by atoms with Crippen LogP contribution in [0.5, 0.6) is 0 Å². The van der Waals surface area contributed by atoms with Gasteiger partial charge in [0.15, 0.2) is 11.8 Å². The predicted octanol–water partition coefficient (Wildman–Crippen LogP) is 2.30. The van der Waals surface area contributed by atoms with E-state index in [2.05, 4.69) is 30.7 Å². The average molecular weight is 395 g/mol. The lowest BCUT2D eigenvalue weighted by Crippen LogP contribution is -2.44. The summed E-state index contributed by atoms with van der Waals surface area (Å²) in [6.45, 7) is 12.0. The first-order valence-corrected chi connectivity index (χ1v) is 9.95. The quantitative estimate of drug-likeness (QED) is 0.433. The van der Waals surface area contributed by atoms with E-state index in [1.54, 1.807) is 7.05 Å². The number of carbonyl (C=O) groups excluding carboxylic acids is 1. The lowest BCUT2D eigenvalue weighted by atomic mass is 10.2. The minimum Gasteiger partial charge on any atom is -0.444 e. The lowest BCUT2D eigenvalue weighted by molar-refractivity contribution is 0.0507. The van der Waals surface area contributed by atoms with Crippen molar-refractivity contribution in [1.82, 2.24) is 25.7 Å². The second-order valence-electron chi connectivity index (χ2n) is 8.36. The fraction of sp³-hybridized carbons (Fsp3) is 0.789. The zero-order chi connectivity index (χ0) is 20.7. The van der Waals surface area contributed by atoms with Gasteiger partial charge in [-0.15, -0.1) is 0 Å². The molecule has 0 aromatic carbocycles. The van der Waals surface area contributed by atoms with Crippen LogP contribution in [0.1, 0.15) is 65.1 Å². The zero-order valence-electron chi connectivity index (χ0n) is 17.9. The molecule has 1 aliphatic rings. The predicted molar refractivity (Wildman–Crippen MR) is 107 cm³/mol. The van der Waals surface area contributed by atoms with Gasteiger partial charge in [0.05, 0.1) is 6.04 Å². The van der Waals surface area contributed by atoms with Crippen LogP contribution in [0.15, 0.2) is 9.52 Å². The molecule has 2 N–H and O–H groups in total. The summed E-state index contributed by atoms with van der Waals surface area (Å²) >= 11 is 0. The molecule has 9 nitrogen and oxygen atoms in total. The van der Waals surface area contributed by atoms with Gasteiger partial charge in [-0.3, -0.25) is 4.99 Å². The molecule has 1 fully saturated rings. The SMILES string of the molecule is CN=C(NCCCc1nc(C(C)C)no1)N1CCC(NC(=O)OC(C)(C)C)C1. The smallest absolute Gasteiger partial charge is 0.407 e. The summed E-state index contributed by atoms with van der Waals surface area (Å²) in [6.07, 6.45) is 2.08. The molecule has 0 bridgehead atoms. The molecule has 2 rings (SSSR count). The Morgan fingerprint density at radius 3 is 2.79 bits per heavy atom. The van der Waals surface area contributed by atoms with Crippen molar-refractivity contribution in [2.24, 2.45) is 4.99 Å². The number of hydrogen-bond acceptors (Lipinski definition) is 6. The largest absolute Gasteiger partial charge is 0.444 e. The molecular formula is C19H34N6O3. The molecule has 9 heteroatoms. The van der Waals surface area contributed by atoms with Gasteiger partial charge in [0.1, 0.15) is 5.60 Å². The number of rotatable bonds is 6. The van der Waals surface area contributed by atoms with E-state index in [-0.39, 0.29) is 18.1 Å². The number of ether oxygens (including phenoxy) is 1. The highest BCUT2D eigenvalue weighted by Gasteiger charge is 2.27. The Hall–Kier alpha value is -2.32. The van der Waals surface area contributed by atoms with Crippen LogP contribution in [0, 0.1) is 0 Å². The van der Waals surface area contributed by atoms with E-state index >= 15 is 0 Å². The van der Waals surface area contributed by atoms with Crippen molar-refractivity contribution in [1.29, 1.82) is 0 Å². The topological polar surface area (TPSA) is 105 Å². The van der Waals surface area contributed by atoms with E-state index in [0.29, 0.717) is 12.4 Å². The summed E-state index contributed by atoms with van der Waals surface area (Å²) in [5.74, 6) is 2.52. The van der Waals surface area contributed by atoms with E-state index in [0.717, 1.165) is 44.1 Å². The van der Waals surface area contributed by atoms with Crippen LogP contribution in [0.4, 0.5) is 4.79 Å². The summed E-state index contributed by atoms with van der Waals surface area (Å²) < 4.78 is 10.6. The number of nitrogens with zero attached hydrogens (tertiary/aromatic N) is 4. The normalized spacial score (nSPS) is 17.9. The van der Waals surface area contributed by atoms with Crippen molar-refractivity contribution in [2.45, 2.75) is 71.4 Å². The molecule has 0 aliphatic carbocycles. The summed E-state index contributed by atoms with van der Waals surface area (Å²) in [5, 5.41) is 10.3. The third kappa shape index (κ3) is 7.01. The van der Waals surface area contributed by atoms with Gasteiger partial charge < -0.3 is 24.8 Å². The van der Waals surface area contributed by atoms with Crippen LogP contribution in [-0.4, -0.2) is 65.4 Å². The van der Waals surface area contributed by atoms with E-state index in [4.69, 9.17) is 9.26 Å². The Morgan fingerprint density at radius 1 is 1.43 bits per heavy atom. The van der Waals surface area contributed by atoms with E-state index in [1.807, 2.05) is 34.6 Å². The molecule has 158 valence electrons. The first-order valence-electron chi connectivity index (χ1n) is 9.95. The van der Waals surface area contributed by atoms with Crippen LogP contribution in [-0.2, 0) is 11.2 Å². The van der Waals surface area contributed by atoms with Crippen LogP contribution in [0.2, 0.25) is 0 Å². The third-order valence-electron chi connectivity index (χ3n) is 4.27. The average Bonchev–Trinajstić information content (AvgIpc) is 3.23. The van der Waals surface area contributed by atoms with Gasteiger partial charge in [0, 0.05) is 39.0 Å². The Bertz CT molecular complexity index is 665. The molecule has 0 radical (unpaired) electrons. The van der Waals surface area contributed by atoms with Gasteiger partial charge in [-0.25, -0.2) is 4.79 Å². The Labute approximate surface area is 167 Å². The number of amides is 1. The van der Waals surface area contributed by atoms with Crippen molar-refractivity contribution in [3.05, 3.63) is 11.7 Å². The summed E-state index contributed by atoms with van der Waals surface area (Å²) in [4.78, 5) is 22.8. The number of carbonyl (C=O) groups is 1. The standard InChI is InChI=1S/C19H34N6O3/c1-13(2)16-23-15(28-24-16)8-7-10-21-17(20-6)25-11-9-14(12-25)22-18(26)27-19(3,4)5/h13-14H,7-12H2,1-6H3,(H,20,21)(H,22,26). The molecule has 1 atom stereocenters. The number of alkyl carbamates (subject to hydrolysis) is 1. The Balaban J connectivity index is 1.71. The van der Waals surface area contributed by atoms with Crippen molar-refractivity contribution < 1.29 is 14.1 Å². The zero-order valence-corrected chi connectivity index (χ0v) is 17.9. The van der Waals surface area contributed by atoms with E-state index in [1.165, 1.54) is 0 Å². The van der Waals surface area contributed by atoms with Crippen molar-refractivity contribution in [3.8, 4) is 0 Å². The molecular weight excluding hydrogens is 360 g/mol. The first kappa shape index (κ1) is 22.0. The Kier molecular flexibility index (Phi) is 7.65. The number of guanidine groups is 1. The fourth-order valence-electron chi connectivity index (χ4n) is 2.92. The molecule has 1 unspecified atom stereocenters. The minimum atomic E-state index is -0.492. The maximum Gasteiger partial charge on any atom is 0.407 e. The van der Waals surface area contributed by atoms with Gasteiger partial charge in [-0.1, -0.05) is 19.0 Å². The van der Waals surface area contributed by atoms with Crippen molar-refractivity contribution in [2.75, 3.05) is 26.7 Å². The van der Waals surface area contributed by atoms with Crippen LogP contribution < -0.4 is 10.6 Å². The van der Waals surface area contributed by atoms with Gasteiger partial charge >= 0.3 is 6.09 Å². The number of aliphatic imine (C=N–C) groups is 1. The maximum atomic E-state index is 11.9. The number of likely N-dealkylation sites (tertiary alicyclic amines) is 1. The highest BCUT2D eigenvalue weighted by molar-refractivity contribution is 5.80. The molecule has 0 spiro atoms. The molecule has 1 aromatic rings. The number of aromatic nitrogens is 2. The van der Waals surface area contributed by atoms with Crippen LogP contribution >= 0.6 is 0 Å². The lowest BCUT2D eigenvalue weighted by Gasteiger charge is -2.23. The summed E-state index contributed by atoms with van der Waals surface area (Å²) in [6, 6.07) is 0.0567. The number of nitrogens with one attached hydrogen (secondary N) is 2. The highest BCUT2D eigenvalue weighted by Crippen LogP contribution is 2.13. The molecule has 1 amide bonds. The molecule has 1 saturated heterocycles. The van der Waals surface area contributed by atoms with Crippen molar-refractivity contribution in [3.63, 3.8) is 0 Å². The molecule has 28 heavy (non-hydrogen) atoms. The highest BCUT2D eigenvalue weighted by atomic mass is 16.6. The maximum absolute atomic E-state index is 11.9. The third-order valence-corrected chi connectivity index (χ3v) is 4.27. The second kappa shape index (κ2) is 9.75. The molecule has 1 aromatic heterocycles. The molecule has 1 aliphatic heterocycles. The molecule has 2 heterocycles. The van der Waals surface area contributed by atoms with Gasteiger partial charge in [-0.2, -0.15) is 4.98 Å². The summed E-state index contributed by atoms with van der Waals surface area (Å²) in [5.41, 5.74) is -0.492.